The van der Waals surface area contributed by atoms with Gasteiger partial charge in [-0.1, -0.05) is 23.7 Å². The fraction of sp³-hybridized carbons (Fsp3) is 0.182. The van der Waals surface area contributed by atoms with Crippen molar-refractivity contribution < 1.29 is 0 Å². The van der Waals surface area contributed by atoms with E-state index in [0.717, 1.165) is 16.6 Å². The third-order valence-corrected chi connectivity index (χ3v) is 3.31. The van der Waals surface area contributed by atoms with Gasteiger partial charge in [-0.05, 0) is 24.7 Å². The number of rotatable bonds is 3. The van der Waals surface area contributed by atoms with Crippen LogP contribution in [0.5, 0.6) is 0 Å². The lowest BCUT2D eigenvalue weighted by Crippen LogP contribution is -2.03. The van der Waals surface area contributed by atoms with Gasteiger partial charge < -0.3 is 5.32 Å². The van der Waals surface area contributed by atoms with E-state index in [1.807, 2.05) is 37.5 Å². The number of aromatic nitrogens is 1. The van der Waals surface area contributed by atoms with E-state index in [0.29, 0.717) is 0 Å². The van der Waals surface area contributed by atoms with Crippen LogP contribution >= 0.6 is 22.9 Å². The summed E-state index contributed by atoms with van der Waals surface area (Å²) in [6.45, 7) is 0.818. The molecule has 0 aliphatic heterocycles. The molecule has 78 valence electrons. The van der Waals surface area contributed by atoms with Gasteiger partial charge in [0.15, 0.2) is 0 Å². The summed E-state index contributed by atoms with van der Waals surface area (Å²) >= 11 is 7.53. The molecule has 2 nitrogen and oxygen atoms in total. The SMILES string of the molecule is CNCc1ncc(-c2ccc(Cl)cc2)s1. The fourth-order valence-corrected chi connectivity index (χ4v) is 2.35. The van der Waals surface area contributed by atoms with Crippen LogP contribution in [0.15, 0.2) is 30.5 Å². The fourth-order valence-electron chi connectivity index (χ4n) is 1.29. The molecule has 0 saturated carbocycles. The van der Waals surface area contributed by atoms with Crippen molar-refractivity contribution in [2.45, 2.75) is 6.54 Å². The van der Waals surface area contributed by atoms with Crippen LogP contribution < -0.4 is 5.32 Å². The first kappa shape index (κ1) is 10.6. The molecule has 0 atom stereocenters. The molecule has 1 heterocycles. The number of benzene rings is 1. The van der Waals surface area contributed by atoms with Crippen LogP contribution in [0.25, 0.3) is 10.4 Å². The maximum atomic E-state index is 5.83. The van der Waals surface area contributed by atoms with Crippen LogP contribution in [-0.4, -0.2) is 12.0 Å². The van der Waals surface area contributed by atoms with Gasteiger partial charge in [-0.2, -0.15) is 0 Å². The zero-order chi connectivity index (χ0) is 10.7. The van der Waals surface area contributed by atoms with Crippen LogP contribution in [0.2, 0.25) is 5.02 Å². The Hall–Kier alpha value is -0.900. The van der Waals surface area contributed by atoms with Crippen molar-refractivity contribution in [3.8, 4) is 10.4 Å². The lowest BCUT2D eigenvalue weighted by atomic mass is 10.2. The van der Waals surface area contributed by atoms with E-state index in [2.05, 4.69) is 10.3 Å². The summed E-state index contributed by atoms with van der Waals surface area (Å²) in [6.07, 6.45) is 1.90. The number of halogens is 1. The van der Waals surface area contributed by atoms with E-state index in [1.54, 1.807) is 11.3 Å². The first-order chi connectivity index (χ1) is 7.29. The molecule has 0 unspecified atom stereocenters. The standard InChI is InChI=1S/C11H11ClN2S/c1-13-7-11-14-6-10(15-11)8-2-4-9(12)5-3-8/h2-6,13H,7H2,1H3. The zero-order valence-electron chi connectivity index (χ0n) is 8.33. The van der Waals surface area contributed by atoms with Gasteiger partial charge in [0.1, 0.15) is 5.01 Å². The number of hydrogen-bond donors (Lipinski definition) is 1. The molecule has 0 fully saturated rings. The van der Waals surface area contributed by atoms with Crippen molar-refractivity contribution in [3.05, 3.63) is 40.5 Å². The molecular weight excluding hydrogens is 228 g/mol. The molecule has 1 aromatic carbocycles. The Labute approximate surface area is 97.9 Å². The quantitative estimate of drug-likeness (QED) is 0.889. The van der Waals surface area contributed by atoms with Gasteiger partial charge in [0.25, 0.3) is 0 Å². The summed E-state index contributed by atoms with van der Waals surface area (Å²) in [7, 11) is 1.92. The van der Waals surface area contributed by atoms with Gasteiger partial charge in [0.2, 0.25) is 0 Å². The van der Waals surface area contributed by atoms with E-state index in [9.17, 15) is 0 Å². The highest BCUT2D eigenvalue weighted by atomic mass is 35.5. The van der Waals surface area contributed by atoms with Crippen LogP contribution in [-0.2, 0) is 6.54 Å². The molecule has 0 aliphatic carbocycles. The molecule has 1 aromatic heterocycles. The zero-order valence-corrected chi connectivity index (χ0v) is 9.90. The van der Waals surface area contributed by atoms with E-state index < -0.39 is 0 Å². The number of hydrogen-bond acceptors (Lipinski definition) is 3. The normalized spacial score (nSPS) is 10.5. The van der Waals surface area contributed by atoms with Gasteiger partial charge in [0.05, 0.1) is 4.88 Å². The first-order valence-electron chi connectivity index (χ1n) is 4.65. The van der Waals surface area contributed by atoms with Crippen molar-refractivity contribution in [3.63, 3.8) is 0 Å². The Morgan fingerprint density at radius 3 is 2.73 bits per heavy atom. The number of thiazole rings is 1. The van der Waals surface area contributed by atoms with E-state index in [1.165, 1.54) is 10.4 Å². The summed E-state index contributed by atoms with van der Waals surface area (Å²) in [4.78, 5) is 5.51. The molecule has 15 heavy (non-hydrogen) atoms. The molecule has 2 aromatic rings. The number of nitrogens with one attached hydrogen (secondary N) is 1. The van der Waals surface area contributed by atoms with E-state index >= 15 is 0 Å². The molecule has 1 N–H and O–H groups in total. The smallest absolute Gasteiger partial charge is 0.107 e. The van der Waals surface area contributed by atoms with E-state index in [4.69, 9.17) is 11.6 Å². The maximum absolute atomic E-state index is 5.83. The molecule has 0 radical (unpaired) electrons. The van der Waals surface area contributed by atoms with Crippen LogP contribution in [0.4, 0.5) is 0 Å². The molecule has 4 heteroatoms. The van der Waals surface area contributed by atoms with Gasteiger partial charge in [-0.25, -0.2) is 4.98 Å². The van der Waals surface area contributed by atoms with Crippen molar-refractivity contribution in [2.24, 2.45) is 0 Å². The highest BCUT2D eigenvalue weighted by Gasteiger charge is 2.03. The second-order valence-electron chi connectivity index (χ2n) is 3.16. The number of nitrogens with zero attached hydrogens (tertiary/aromatic N) is 1. The van der Waals surface area contributed by atoms with Gasteiger partial charge in [-0.15, -0.1) is 11.3 Å². The average molecular weight is 239 g/mol. The Morgan fingerprint density at radius 2 is 2.07 bits per heavy atom. The minimum absolute atomic E-state index is 0.763. The Balaban J connectivity index is 2.25. The highest BCUT2D eigenvalue weighted by molar-refractivity contribution is 7.15. The van der Waals surface area contributed by atoms with E-state index in [-0.39, 0.29) is 0 Å². The van der Waals surface area contributed by atoms with Gasteiger partial charge in [0, 0.05) is 17.8 Å². The third kappa shape index (κ3) is 2.56. The molecule has 0 spiro atoms. The minimum atomic E-state index is 0.763. The molecule has 0 bridgehead atoms. The second-order valence-corrected chi connectivity index (χ2v) is 4.71. The first-order valence-corrected chi connectivity index (χ1v) is 5.84. The van der Waals surface area contributed by atoms with Gasteiger partial charge >= 0.3 is 0 Å². The van der Waals surface area contributed by atoms with Crippen molar-refractivity contribution in [2.75, 3.05) is 7.05 Å². The largest absolute Gasteiger partial charge is 0.314 e. The van der Waals surface area contributed by atoms with Crippen LogP contribution in [0, 0.1) is 0 Å². The molecule has 0 aliphatic rings. The molecule has 0 amide bonds. The Kier molecular flexibility index (Phi) is 3.36. The topological polar surface area (TPSA) is 24.9 Å². The monoisotopic (exact) mass is 238 g/mol. The van der Waals surface area contributed by atoms with Crippen molar-refractivity contribution in [1.82, 2.24) is 10.3 Å². The lowest BCUT2D eigenvalue weighted by Gasteiger charge is -1.95. The summed E-state index contributed by atoms with van der Waals surface area (Å²) in [5, 5.41) is 4.95. The lowest BCUT2D eigenvalue weighted by molar-refractivity contribution is 0.810. The average Bonchev–Trinajstić information content (AvgIpc) is 2.68. The van der Waals surface area contributed by atoms with Crippen LogP contribution in [0.1, 0.15) is 5.01 Å². The van der Waals surface area contributed by atoms with Gasteiger partial charge in [-0.3, -0.25) is 0 Å². The second kappa shape index (κ2) is 4.75. The molecule has 0 saturated heterocycles. The Morgan fingerprint density at radius 1 is 1.33 bits per heavy atom. The van der Waals surface area contributed by atoms with Crippen molar-refractivity contribution >= 4 is 22.9 Å². The van der Waals surface area contributed by atoms with Crippen LogP contribution in [0.3, 0.4) is 0 Å². The Bertz CT molecular complexity index is 436. The minimum Gasteiger partial charge on any atom is -0.314 e. The summed E-state index contributed by atoms with van der Waals surface area (Å²) in [5.74, 6) is 0. The predicted octanol–water partition coefficient (Wildman–Crippen LogP) is 3.18. The maximum Gasteiger partial charge on any atom is 0.107 e. The van der Waals surface area contributed by atoms with Crippen molar-refractivity contribution in [1.29, 1.82) is 0 Å². The molecule has 2 rings (SSSR count). The third-order valence-electron chi connectivity index (χ3n) is 2.01. The summed E-state index contributed by atoms with van der Waals surface area (Å²) in [6, 6.07) is 7.82. The molecular formula is C11H11ClN2S. The summed E-state index contributed by atoms with van der Waals surface area (Å²) in [5.41, 5.74) is 1.17. The highest BCUT2D eigenvalue weighted by Crippen LogP contribution is 2.26. The summed E-state index contributed by atoms with van der Waals surface area (Å²) < 4.78 is 0. The predicted molar refractivity (Wildman–Crippen MR) is 65.3 cm³/mol.